The number of rotatable bonds is 5. The molecule has 1 aromatic carbocycles. The molecule has 0 aliphatic carbocycles. The Morgan fingerprint density at radius 3 is 3.00 bits per heavy atom. The average molecular weight is 250 g/mol. The van der Waals surface area contributed by atoms with Crippen LogP contribution in [0.15, 0.2) is 18.2 Å². The fourth-order valence-corrected chi connectivity index (χ4v) is 2.69. The molecule has 0 aliphatic heterocycles. The van der Waals surface area contributed by atoms with E-state index in [0.29, 0.717) is 6.04 Å². The number of hydrogen-bond acceptors (Lipinski definition) is 4. The van der Waals surface area contributed by atoms with Crippen LogP contribution in [-0.2, 0) is 4.74 Å². The summed E-state index contributed by atoms with van der Waals surface area (Å²) in [5.74, 6) is 0. The Labute approximate surface area is 106 Å². The smallest absolute Gasteiger partial charge is 0.0907 e. The zero-order chi connectivity index (χ0) is 12.3. The van der Waals surface area contributed by atoms with Gasteiger partial charge in [-0.2, -0.15) is 0 Å². The largest absolute Gasteiger partial charge is 0.383 e. The second-order valence-corrected chi connectivity index (χ2v) is 5.36. The van der Waals surface area contributed by atoms with Crippen LogP contribution < -0.4 is 5.32 Å². The number of anilines is 1. The van der Waals surface area contributed by atoms with Gasteiger partial charge in [0.25, 0.3) is 0 Å². The minimum atomic E-state index is 0.367. The number of aryl methyl sites for hydroxylation is 1. The van der Waals surface area contributed by atoms with E-state index in [0.717, 1.165) is 29.2 Å². The number of fused-ring (bicyclic) bond motifs is 1. The van der Waals surface area contributed by atoms with Crippen LogP contribution in [0, 0.1) is 6.92 Å². The van der Waals surface area contributed by atoms with Crippen LogP contribution in [0.2, 0.25) is 0 Å². The highest BCUT2D eigenvalue weighted by Crippen LogP contribution is 2.25. The highest BCUT2D eigenvalue weighted by Gasteiger charge is 2.07. The van der Waals surface area contributed by atoms with E-state index in [2.05, 4.69) is 35.4 Å². The molecule has 0 saturated carbocycles. The molecule has 3 nitrogen and oxygen atoms in total. The summed E-state index contributed by atoms with van der Waals surface area (Å²) in [5, 5.41) is 4.60. The van der Waals surface area contributed by atoms with Crippen molar-refractivity contribution < 1.29 is 4.74 Å². The van der Waals surface area contributed by atoms with E-state index < -0.39 is 0 Å². The quantitative estimate of drug-likeness (QED) is 0.882. The Balaban J connectivity index is 2.17. The molecule has 2 aromatic rings. The van der Waals surface area contributed by atoms with E-state index in [4.69, 9.17) is 4.74 Å². The normalized spacial score (nSPS) is 12.9. The van der Waals surface area contributed by atoms with Gasteiger partial charge in [-0.15, -0.1) is 11.3 Å². The van der Waals surface area contributed by atoms with Crippen molar-refractivity contribution >= 4 is 27.2 Å². The van der Waals surface area contributed by atoms with Crippen LogP contribution in [0.4, 0.5) is 5.69 Å². The molecule has 1 heterocycles. The fraction of sp³-hybridized carbons (Fsp3) is 0.462. The molecule has 0 spiro atoms. The molecule has 1 atom stereocenters. The predicted octanol–water partition coefficient (Wildman–Crippen LogP) is 3.44. The lowest BCUT2D eigenvalue weighted by Crippen LogP contribution is -2.23. The molecule has 4 heteroatoms. The fourth-order valence-electron chi connectivity index (χ4n) is 1.83. The first-order chi connectivity index (χ1) is 8.22. The molecule has 17 heavy (non-hydrogen) atoms. The summed E-state index contributed by atoms with van der Waals surface area (Å²) in [6.07, 6.45) is 1.05. The Morgan fingerprint density at radius 1 is 1.47 bits per heavy atom. The van der Waals surface area contributed by atoms with Gasteiger partial charge in [-0.1, -0.05) is 6.92 Å². The summed E-state index contributed by atoms with van der Waals surface area (Å²) in [4.78, 5) is 4.46. The maximum atomic E-state index is 5.19. The lowest BCUT2D eigenvalue weighted by Gasteiger charge is -2.17. The Morgan fingerprint density at radius 2 is 2.29 bits per heavy atom. The van der Waals surface area contributed by atoms with Gasteiger partial charge < -0.3 is 10.1 Å². The van der Waals surface area contributed by atoms with Crippen molar-refractivity contribution in [3.05, 3.63) is 23.2 Å². The molecule has 1 N–H and O–H groups in total. The van der Waals surface area contributed by atoms with E-state index >= 15 is 0 Å². The molecule has 0 fully saturated rings. The average Bonchev–Trinajstić information content (AvgIpc) is 2.68. The summed E-state index contributed by atoms with van der Waals surface area (Å²) >= 11 is 1.73. The van der Waals surface area contributed by atoms with Crippen LogP contribution in [0.1, 0.15) is 18.4 Å². The molecular formula is C13H18N2OS. The number of benzene rings is 1. The van der Waals surface area contributed by atoms with Crippen molar-refractivity contribution in [3.8, 4) is 0 Å². The number of nitrogens with zero attached hydrogens (tertiary/aromatic N) is 1. The lowest BCUT2D eigenvalue weighted by atomic mass is 10.2. The molecule has 92 valence electrons. The highest BCUT2D eigenvalue weighted by atomic mass is 32.1. The number of ether oxygens (including phenoxy) is 1. The SMILES string of the molecule is CCC(COC)Nc1ccc2nc(C)sc2c1. The molecular weight excluding hydrogens is 232 g/mol. The van der Waals surface area contributed by atoms with Crippen LogP contribution in [0.25, 0.3) is 10.2 Å². The summed E-state index contributed by atoms with van der Waals surface area (Å²) in [5.41, 5.74) is 2.22. The van der Waals surface area contributed by atoms with Gasteiger partial charge in [0.15, 0.2) is 0 Å². The summed E-state index contributed by atoms with van der Waals surface area (Å²) in [7, 11) is 1.74. The zero-order valence-corrected chi connectivity index (χ0v) is 11.3. The third-order valence-electron chi connectivity index (χ3n) is 2.73. The third-order valence-corrected chi connectivity index (χ3v) is 3.66. The minimum absolute atomic E-state index is 0.367. The van der Waals surface area contributed by atoms with E-state index in [-0.39, 0.29) is 0 Å². The van der Waals surface area contributed by atoms with E-state index in [1.54, 1.807) is 18.4 Å². The van der Waals surface area contributed by atoms with Gasteiger partial charge in [-0.3, -0.25) is 0 Å². The van der Waals surface area contributed by atoms with Gasteiger partial charge in [0, 0.05) is 18.8 Å². The summed E-state index contributed by atoms with van der Waals surface area (Å²) in [6, 6.07) is 6.69. The predicted molar refractivity (Wildman–Crippen MR) is 73.9 cm³/mol. The molecule has 0 amide bonds. The van der Waals surface area contributed by atoms with Crippen LogP contribution in [0.3, 0.4) is 0 Å². The van der Waals surface area contributed by atoms with Crippen LogP contribution in [0.5, 0.6) is 0 Å². The molecule has 1 aromatic heterocycles. The first kappa shape index (κ1) is 12.3. The Kier molecular flexibility index (Phi) is 3.97. The van der Waals surface area contributed by atoms with Crippen molar-refractivity contribution in [2.24, 2.45) is 0 Å². The second-order valence-electron chi connectivity index (χ2n) is 4.12. The van der Waals surface area contributed by atoms with Crippen LogP contribution >= 0.6 is 11.3 Å². The maximum Gasteiger partial charge on any atom is 0.0907 e. The third kappa shape index (κ3) is 2.96. The summed E-state index contributed by atoms with van der Waals surface area (Å²) in [6.45, 7) is 4.93. The van der Waals surface area contributed by atoms with Gasteiger partial charge >= 0.3 is 0 Å². The molecule has 0 aliphatic rings. The van der Waals surface area contributed by atoms with Gasteiger partial charge in [-0.25, -0.2) is 4.98 Å². The number of hydrogen-bond donors (Lipinski definition) is 1. The zero-order valence-electron chi connectivity index (χ0n) is 10.5. The maximum absolute atomic E-state index is 5.19. The van der Waals surface area contributed by atoms with E-state index in [1.807, 2.05) is 6.92 Å². The number of nitrogens with one attached hydrogen (secondary N) is 1. The topological polar surface area (TPSA) is 34.1 Å². The first-order valence-corrected chi connectivity index (χ1v) is 6.67. The van der Waals surface area contributed by atoms with Crippen molar-refractivity contribution in [1.29, 1.82) is 0 Å². The minimum Gasteiger partial charge on any atom is -0.383 e. The van der Waals surface area contributed by atoms with Crippen molar-refractivity contribution in [3.63, 3.8) is 0 Å². The van der Waals surface area contributed by atoms with E-state index in [9.17, 15) is 0 Å². The first-order valence-electron chi connectivity index (χ1n) is 5.85. The van der Waals surface area contributed by atoms with Gasteiger partial charge in [0.1, 0.15) is 0 Å². The van der Waals surface area contributed by atoms with Gasteiger partial charge in [-0.05, 0) is 31.5 Å². The monoisotopic (exact) mass is 250 g/mol. The number of aromatic nitrogens is 1. The van der Waals surface area contributed by atoms with E-state index in [1.165, 1.54) is 4.70 Å². The number of thiazole rings is 1. The lowest BCUT2D eigenvalue weighted by molar-refractivity contribution is 0.184. The van der Waals surface area contributed by atoms with Gasteiger partial charge in [0.2, 0.25) is 0 Å². The van der Waals surface area contributed by atoms with Crippen molar-refractivity contribution in [2.75, 3.05) is 19.0 Å². The standard InChI is InChI=1S/C13H18N2OS/c1-4-10(8-16-3)15-11-5-6-12-13(7-11)17-9(2)14-12/h5-7,10,15H,4,8H2,1-3H3. The summed E-state index contributed by atoms with van der Waals surface area (Å²) < 4.78 is 6.42. The van der Waals surface area contributed by atoms with Crippen molar-refractivity contribution in [2.45, 2.75) is 26.3 Å². The number of methoxy groups -OCH3 is 1. The molecule has 2 rings (SSSR count). The molecule has 0 radical (unpaired) electrons. The molecule has 0 saturated heterocycles. The highest BCUT2D eigenvalue weighted by molar-refractivity contribution is 7.18. The second kappa shape index (κ2) is 5.47. The molecule has 0 bridgehead atoms. The van der Waals surface area contributed by atoms with Gasteiger partial charge in [0.05, 0.1) is 21.8 Å². The Bertz CT molecular complexity index is 495. The van der Waals surface area contributed by atoms with Crippen molar-refractivity contribution in [1.82, 2.24) is 4.98 Å². The molecule has 1 unspecified atom stereocenters. The Hall–Kier alpha value is -1.13. The van der Waals surface area contributed by atoms with Crippen LogP contribution in [-0.4, -0.2) is 24.7 Å².